The second-order valence-corrected chi connectivity index (χ2v) is 6.28. The van der Waals surface area contributed by atoms with Crippen LogP contribution < -0.4 is 10.5 Å². The number of hydrogen-bond acceptors (Lipinski definition) is 3. The number of benzene rings is 1. The molecular weight excluding hydrogens is 236 g/mol. The minimum absolute atomic E-state index is 0.112. The number of nitrogens with one attached hydrogen (secondary N) is 1. The van der Waals surface area contributed by atoms with E-state index in [2.05, 4.69) is 4.72 Å². The Hall–Kier alpha value is -0.910. The molecule has 0 heterocycles. The fourth-order valence-electron chi connectivity index (χ4n) is 2.02. The van der Waals surface area contributed by atoms with Crippen molar-refractivity contribution in [1.82, 2.24) is 4.72 Å². The lowest BCUT2D eigenvalue weighted by Crippen LogP contribution is -2.23. The van der Waals surface area contributed by atoms with Crippen LogP contribution in [-0.2, 0) is 15.4 Å². The van der Waals surface area contributed by atoms with Crippen molar-refractivity contribution < 1.29 is 8.42 Å². The molecule has 1 aliphatic carbocycles. The number of hydrogen-bond donors (Lipinski definition) is 2. The molecule has 94 valence electrons. The molecule has 1 aliphatic rings. The van der Waals surface area contributed by atoms with Crippen LogP contribution in [0.4, 0.5) is 0 Å². The summed E-state index contributed by atoms with van der Waals surface area (Å²) in [6.07, 6.45) is 2.20. The molecule has 1 aromatic rings. The second-order valence-electron chi connectivity index (χ2n) is 4.51. The lowest BCUT2D eigenvalue weighted by molar-refractivity contribution is 0.583. The van der Waals surface area contributed by atoms with Crippen LogP contribution >= 0.6 is 0 Å². The average molecular weight is 254 g/mol. The van der Waals surface area contributed by atoms with Gasteiger partial charge in [0.15, 0.2) is 0 Å². The molecule has 0 saturated heterocycles. The topological polar surface area (TPSA) is 72.2 Å². The van der Waals surface area contributed by atoms with Crippen LogP contribution in [0.3, 0.4) is 0 Å². The molecule has 17 heavy (non-hydrogen) atoms. The molecule has 0 spiro atoms. The van der Waals surface area contributed by atoms with E-state index >= 15 is 0 Å². The molecule has 0 bridgehead atoms. The van der Waals surface area contributed by atoms with Crippen molar-refractivity contribution >= 4 is 10.0 Å². The summed E-state index contributed by atoms with van der Waals surface area (Å²) >= 11 is 0. The highest BCUT2D eigenvalue weighted by Crippen LogP contribution is 2.47. The summed E-state index contributed by atoms with van der Waals surface area (Å²) < 4.78 is 26.0. The molecule has 0 aliphatic heterocycles. The monoisotopic (exact) mass is 254 g/mol. The van der Waals surface area contributed by atoms with Gasteiger partial charge in [-0.3, -0.25) is 0 Å². The van der Waals surface area contributed by atoms with Crippen LogP contribution in [-0.4, -0.2) is 21.5 Å². The van der Waals surface area contributed by atoms with E-state index < -0.39 is 10.0 Å². The molecular formula is C12H18N2O2S. The van der Waals surface area contributed by atoms with Crippen molar-refractivity contribution in [2.45, 2.75) is 30.1 Å². The molecule has 1 fully saturated rings. The van der Waals surface area contributed by atoms with Gasteiger partial charge in [-0.2, -0.15) is 0 Å². The van der Waals surface area contributed by atoms with Gasteiger partial charge in [-0.25, -0.2) is 13.1 Å². The van der Waals surface area contributed by atoms with Gasteiger partial charge >= 0.3 is 0 Å². The highest BCUT2D eigenvalue weighted by atomic mass is 32.2. The minimum atomic E-state index is -3.34. The highest BCUT2D eigenvalue weighted by molar-refractivity contribution is 7.89. The van der Waals surface area contributed by atoms with Crippen LogP contribution in [0.1, 0.15) is 25.3 Å². The van der Waals surface area contributed by atoms with Crippen LogP contribution in [0.5, 0.6) is 0 Å². The van der Waals surface area contributed by atoms with Gasteiger partial charge in [0.1, 0.15) is 0 Å². The van der Waals surface area contributed by atoms with Gasteiger partial charge in [-0.15, -0.1) is 0 Å². The maximum Gasteiger partial charge on any atom is 0.240 e. The van der Waals surface area contributed by atoms with Crippen LogP contribution in [0.2, 0.25) is 0 Å². The predicted molar refractivity (Wildman–Crippen MR) is 67.3 cm³/mol. The first-order valence-corrected chi connectivity index (χ1v) is 7.33. The third kappa shape index (κ3) is 2.36. The number of sulfonamides is 1. The number of rotatable bonds is 5. The largest absolute Gasteiger partial charge is 0.330 e. The summed E-state index contributed by atoms with van der Waals surface area (Å²) in [7, 11) is -3.34. The molecule has 5 heteroatoms. The van der Waals surface area contributed by atoms with Gasteiger partial charge in [0, 0.05) is 18.5 Å². The summed E-state index contributed by atoms with van der Waals surface area (Å²) in [5, 5.41) is 0. The second kappa shape index (κ2) is 4.40. The zero-order chi connectivity index (χ0) is 12.5. The quantitative estimate of drug-likeness (QED) is 0.822. The number of nitrogens with two attached hydrogens (primary N) is 1. The van der Waals surface area contributed by atoms with Gasteiger partial charge < -0.3 is 5.73 Å². The van der Waals surface area contributed by atoms with E-state index in [1.54, 1.807) is 19.1 Å². The smallest absolute Gasteiger partial charge is 0.240 e. The molecule has 0 amide bonds. The van der Waals surface area contributed by atoms with E-state index in [1.165, 1.54) is 0 Å². The zero-order valence-corrected chi connectivity index (χ0v) is 10.8. The lowest BCUT2D eigenvalue weighted by atomic mass is 9.96. The molecule has 4 nitrogen and oxygen atoms in total. The lowest BCUT2D eigenvalue weighted by Gasteiger charge is -2.13. The first kappa shape index (κ1) is 12.5. The molecule has 0 radical (unpaired) electrons. The Labute approximate surface area is 102 Å². The average Bonchev–Trinajstić information content (AvgIpc) is 3.10. The van der Waals surface area contributed by atoms with E-state index in [0.717, 1.165) is 18.4 Å². The van der Waals surface area contributed by atoms with Crippen LogP contribution in [0.15, 0.2) is 29.2 Å². The first-order chi connectivity index (χ1) is 8.04. The van der Waals surface area contributed by atoms with E-state index in [0.29, 0.717) is 18.0 Å². The Morgan fingerprint density at radius 2 is 1.88 bits per heavy atom. The van der Waals surface area contributed by atoms with Gasteiger partial charge in [0.05, 0.1) is 4.90 Å². The van der Waals surface area contributed by atoms with Crippen molar-refractivity contribution in [3.8, 4) is 0 Å². The predicted octanol–water partition coefficient (Wildman–Crippen LogP) is 0.975. The van der Waals surface area contributed by atoms with E-state index in [9.17, 15) is 8.42 Å². The standard InChI is InChI=1S/C12H18N2O2S/c1-2-14-17(15,16)11-5-3-10(4-6-11)12(9-13)7-8-12/h3-6,14H,2,7-9,13H2,1H3. The van der Waals surface area contributed by atoms with E-state index in [4.69, 9.17) is 5.73 Å². The Bertz CT molecular complexity index is 490. The third-order valence-corrected chi connectivity index (χ3v) is 4.92. The van der Waals surface area contributed by atoms with Gasteiger partial charge in [0.2, 0.25) is 10.0 Å². The summed E-state index contributed by atoms with van der Waals surface area (Å²) in [6.45, 7) is 2.79. The highest BCUT2D eigenvalue weighted by Gasteiger charge is 2.42. The zero-order valence-electron chi connectivity index (χ0n) is 9.94. The van der Waals surface area contributed by atoms with E-state index in [1.807, 2.05) is 12.1 Å². The molecule has 0 atom stereocenters. The first-order valence-electron chi connectivity index (χ1n) is 5.84. The van der Waals surface area contributed by atoms with Crippen molar-refractivity contribution in [2.75, 3.05) is 13.1 Å². The minimum Gasteiger partial charge on any atom is -0.330 e. The molecule has 3 N–H and O–H groups in total. The maximum atomic E-state index is 11.7. The van der Waals surface area contributed by atoms with Crippen molar-refractivity contribution in [3.63, 3.8) is 0 Å². The fraction of sp³-hybridized carbons (Fsp3) is 0.500. The molecule has 1 saturated carbocycles. The van der Waals surface area contributed by atoms with Crippen molar-refractivity contribution in [1.29, 1.82) is 0 Å². The van der Waals surface area contributed by atoms with Crippen molar-refractivity contribution in [3.05, 3.63) is 29.8 Å². The summed E-state index contributed by atoms with van der Waals surface area (Å²) in [5.41, 5.74) is 7.00. The normalized spacial score (nSPS) is 18.0. The summed E-state index contributed by atoms with van der Waals surface area (Å²) in [4.78, 5) is 0.316. The Morgan fingerprint density at radius 3 is 2.29 bits per heavy atom. The third-order valence-electron chi connectivity index (χ3n) is 3.36. The van der Waals surface area contributed by atoms with Gasteiger partial charge in [0.25, 0.3) is 0 Å². The molecule has 2 rings (SSSR count). The summed E-state index contributed by atoms with van der Waals surface area (Å²) in [5.74, 6) is 0. The Kier molecular flexibility index (Phi) is 3.25. The Balaban J connectivity index is 2.25. The maximum absolute atomic E-state index is 11.7. The molecule has 0 aromatic heterocycles. The molecule has 1 aromatic carbocycles. The van der Waals surface area contributed by atoms with E-state index in [-0.39, 0.29) is 5.41 Å². The Morgan fingerprint density at radius 1 is 1.29 bits per heavy atom. The summed E-state index contributed by atoms with van der Waals surface area (Å²) in [6, 6.07) is 7.07. The van der Waals surface area contributed by atoms with Gasteiger partial charge in [-0.1, -0.05) is 19.1 Å². The SMILES string of the molecule is CCNS(=O)(=O)c1ccc(C2(CN)CC2)cc1. The molecule has 0 unspecified atom stereocenters. The van der Waals surface area contributed by atoms with Crippen LogP contribution in [0, 0.1) is 0 Å². The fourth-order valence-corrected chi connectivity index (χ4v) is 3.06. The van der Waals surface area contributed by atoms with Crippen molar-refractivity contribution in [2.24, 2.45) is 5.73 Å². The van der Waals surface area contributed by atoms with Gasteiger partial charge in [-0.05, 0) is 30.5 Å². The van der Waals surface area contributed by atoms with Crippen LogP contribution in [0.25, 0.3) is 0 Å².